The first kappa shape index (κ1) is 42.3. The summed E-state index contributed by atoms with van der Waals surface area (Å²) in [6.07, 6.45) is 16.5. The zero-order valence-corrected chi connectivity index (χ0v) is 35.5. The van der Waals surface area contributed by atoms with E-state index in [4.69, 9.17) is 4.74 Å². The SMILES string of the molecule is CCCC[N+]1=C(/C=C/C2=C(Oc3ccc(S(=O)(=O)O)cc3)C(=C/C=C3/N(CCCS(=O)(=O)O)c4ccccc4C3(C)CCCC)/CCC2)C(C)(C)c2ccccc21. The molecule has 0 saturated heterocycles. The topological polar surface area (TPSA) is 124 Å². The van der Waals surface area contributed by atoms with Crippen LogP contribution in [-0.2, 0) is 31.1 Å². The second-order valence-electron chi connectivity index (χ2n) is 16.1. The molecule has 0 spiro atoms. The van der Waals surface area contributed by atoms with E-state index in [9.17, 15) is 25.9 Å². The van der Waals surface area contributed by atoms with Crippen LogP contribution in [0.5, 0.6) is 5.75 Å². The summed E-state index contributed by atoms with van der Waals surface area (Å²) < 4.78 is 75.6. The minimum Gasteiger partial charge on any atom is -0.457 e. The summed E-state index contributed by atoms with van der Waals surface area (Å²) in [5.74, 6) is 0.823. The average Bonchev–Trinajstić information content (AvgIpc) is 3.53. The summed E-state index contributed by atoms with van der Waals surface area (Å²) >= 11 is 0. The van der Waals surface area contributed by atoms with Gasteiger partial charge in [-0.05, 0) is 112 Å². The fourth-order valence-electron chi connectivity index (χ4n) is 8.66. The van der Waals surface area contributed by atoms with Crippen molar-refractivity contribution in [1.82, 2.24) is 0 Å². The minimum absolute atomic E-state index is 0.207. The lowest BCUT2D eigenvalue weighted by Crippen LogP contribution is -2.30. The number of benzene rings is 3. The predicted octanol–water partition coefficient (Wildman–Crippen LogP) is 10.2. The van der Waals surface area contributed by atoms with Crippen LogP contribution in [0.4, 0.5) is 11.4 Å². The van der Waals surface area contributed by atoms with Gasteiger partial charge in [-0.15, -0.1) is 0 Å². The lowest BCUT2D eigenvalue weighted by molar-refractivity contribution is -0.438. The van der Waals surface area contributed by atoms with Crippen LogP contribution in [0.15, 0.2) is 125 Å². The lowest BCUT2D eigenvalue weighted by Gasteiger charge is -2.31. The van der Waals surface area contributed by atoms with Crippen molar-refractivity contribution in [3.8, 4) is 5.75 Å². The summed E-state index contributed by atoms with van der Waals surface area (Å²) in [5.41, 5.74) is 8.50. The molecule has 1 aliphatic carbocycles. The van der Waals surface area contributed by atoms with E-state index in [1.807, 2.05) is 12.1 Å². The predicted molar refractivity (Wildman–Crippen MR) is 229 cm³/mol. The van der Waals surface area contributed by atoms with Gasteiger partial charge in [0, 0.05) is 47.5 Å². The number of hydrogen-bond donors (Lipinski definition) is 2. The molecule has 0 aromatic heterocycles. The molecule has 3 aromatic rings. The van der Waals surface area contributed by atoms with Crippen LogP contribution in [0.3, 0.4) is 0 Å². The number of ether oxygens (including phenoxy) is 1. The van der Waals surface area contributed by atoms with Crippen LogP contribution in [0.25, 0.3) is 0 Å². The first-order valence-electron chi connectivity index (χ1n) is 20.2. The van der Waals surface area contributed by atoms with Crippen LogP contribution < -0.4 is 9.64 Å². The molecule has 9 nitrogen and oxygen atoms in total. The summed E-state index contributed by atoms with van der Waals surface area (Å²) in [4.78, 5) is 2.00. The highest BCUT2D eigenvalue weighted by Gasteiger charge is 2.44. The van der Waals surface area contributed by atoms with Gasteiger partial charge in [-0.3, -0.25) is 9.11 Å². The standard InChI is InChI=1S/C46H56N2O7S2/c1-6-8-30-46(5)39-19-11-13-21-41(39)48(32-15-33-56(49,50)51)43(46)29-23-35-17-14-16-34(44(35)55-36-24-26-37(27-25-36)57(52,53)54)22-28-42-45(3,4)38-18-10-12-20-40(38)47(42)31-9-7-2/h10-13,18-29H,6-9,14-17,30-33H2,1-5H3,(H-,49,50,51,52,53,54)/p+1. The Bertz CT molecular complexity index is 2350. The number of allylic oxidation sites excluding steroid dienone is 7. The van der Waals surface area contributed by atoms with Crippen molar-refractivity contribution >= 4 is 37.3 Å². The molecule has 3 aliphatic rings. The van der Waals surface area contributed by atoms with Gasteiger partial charge < -0.3 is 9.64 Å². The lowest BCUT2D eigenvalue weighted by atomic mass is 9.77. The molecule has 3 aromatic carbocycles. The van der Waals surface area contributed by atoms with Gasteiger partial charge >= 0.3 is 0 Å². The van der Waals surface area contributed by atoms with Crippen molar-refractivity contribution in [3.05, 3.63) is 131 Å². The molecule has 0 radical (unpaired) electrons. The Morgan fingerprint density at radius 1 is 0.807 bits per heavy atom. The minimum atomic E-state index is -4.37. The smallest absolute Gasteiger partial charge is 0.294 e. The molecule has 0 saturated carbocycles. The highest BCUT2D eigenvalue weighted by molar-refractivity contribution is 7.86. The molecular formula is C46H57N2O7S2+. The highest BCUT2D eigenvalue weighted by atomic mass is 32.2. The normalized spacial score (nSPS) is 20.9. The van der Waals surface area contributed by atoms with E-state index in [-0.39, 0.29) is 27.9 Å². The van der Waals surface area contributed by atoms with Gasteiger partial charge in [-0.25, -0.2) is 0 Å². The molecule has 2 heterocycles. The maximum atomic E-state index is 11.9. The second-order valence-corrected chi connectivity index (χ2v) is 19.1. The van der Waals surface area contributed by atoms with Gasteiger partial charge in [0.15, 0.2) is 5.71 Å². The highest BCUT2D eigenvalue weighted by Crippen LogP contribution is 2.51. The van der Waals surface area contributed by atoms with Crippen LogP contribution in [0.2, 0.25) is 0 Å². The molecule has 2 aliphatic heterocycles. The molecule has 1 atom stereocenters. The Kier molecular flexibility index (Phi) is 12.8. The van der Waals surface area contributed by atoms with E-state index < -0.39 is 20.2 Å². The van der Waals surface area contributed by atoms with E-state index >= 15 is 0 Å². The Morgan fingerprint density at radius 3 is 2.18 bits per heavy atom. The fourth-order valence-corrected chi connectivity index (χ4v) is 9.63. The number of nitrogens with zero attached hydrogens (tertiary/aromatic N) is 2. The Labute approximate surface area is 339 Å². The molecule has 1 unspecified atom stereocenters. The Hall–Kier alpha value is -4.29. The number of unbranched alkanes of at least 4 members (excludes halogenated alkanes) is 2. The maximum Gasteiger partial charge on any atom is 0.294 e. The fraction of sp³-hybridized carbons (Fsp3) is 0.413. The van der Waals surface area contributed by atoms with Crippen LogP contribution >= 0.6 is 0 Å². The maximum absolute atomic E-state index is 11.9. The molecule has 11 heteroatoms. The molecule has 0 fully saturated rings. The van der Waals surface area contributed by atoms with Crippen LogP contribution in [0.1, 0.15) is 104 Å². The number of hydrogen-bond acceptors (Lipinski definition) is 6. The van der Waals surface area contributed by atoms with E-state index in [0.29, 0.717) is 18.1 Å². The zero-order valence-electron chi connectivity index (χ0n) is 33.9. The van der Waals surface area contributed by atoms with E-state index in [1.165, 1.54) is 34.7 Å². The van der Waals surface area contributed by atoms with Gasteiger partial charge in [0.05, 0.1) is 16.1 Å². The van der Waals surface area contributed by atoms with Gasteiger partial charge in [-0.2, -0.15) is 21.4 Å². The number of fused-ring (bicyclic) bond motifs is 2. The molecule has 6 rings (SSSR count). The molecule has 57 heavy (non-hydrogen) atoms. The Balaban J connectivity index is 1.48. The Morgan fingerprint density at radius 2 is 1.49 bits per heavy atom. The third-order valence-electron chi connectivity index (χ3n) is 11.7. The first-order chi connectivity index (χ1) is 27.1. The molecule has 2 N–H and O–H groups in total. The van der Waals surface area contributed by atoms with Crippen molar-refractivity contribution in [2.24, 2.45) is 0 Å². The molecule has 304 valence electrons. The summed E-state index contributed by atoms with van der Waals surface area (Å²) in [5, 5.41) is 0. The van der Waals surface area contributed by atoms with Gasteiger partial charge in [0.25, 0.3) is 20.2 Å². The van der Waals surface area contributed by atoms with Crippen molar-refractivity contribution in [3.63, 3.8) is 0 Å². The van der Waals surface area contributed by atoms with Gasteiger partial charge in [0.1, 0.15) is 18.1 Å². The summed E-state index contributed by atoms with van der Waals surface area (Å²) in [6, 6.07) is 22.7. The van der Waals surface area contributed by atoms with Crippen molar-refractivity contribution in [2.75, 3.05) is 23.7 Å². The van der Waals surface area contributed by atoms with Crippen molar-refractivity contribution in [2.45, 2.75) is 108 Å². The van der Waals surface area contributed by atoms with E-state index in [0.717, 1.165) is 80.4 Å². The van der Waals surface area contributed by atoms with Crippen LogP contribution in [0, 0.1) is 0 Å². The quantitative estimate of drug-likeness (QED) is 0.108. The van der Waals surface area contributed by atoms with Crippen LogP contribution in [-0.4, -0.2) is 55.1 Å². The monoisotopic (exact) mass is 813 g/mol. The first-order valence-corrected chi connectivity index (χ1v) is 23.3. The molecule has 0 bridgehead atoms. The van der Waals surface area contributed by atoms with Gasteiger partial charge in [0.2, 0.25) is 5.69 Å². The third-order valence-corrected chi connectivity index (χ3v) is 13.4. The zero-order chi connectivity index (χ0) is 41.0. The second kappa shape index (κ2) is 17.3. The van der Waals surface area contributed by atoms with E-state index in [2.05, 4.69) is 105 Å². The largest absolute Gasteiger partial charge is 0.457 e. The molecule has 0 amide bonds. The number of rotatable bonds is 16. The van der Waals surface area contributed by atoms with E-state index in [1.54, 1.807) is 12.1 Å². The average molecular weight is 814 g/mol. The van der Waals surface area contributed by atoms with Gasteiger partial charge in [-0.1, -0.05) is 75.6 Å². The third kappa shape index (κ3) is 9.22. The summed E-state index contributed by atoms with van der Waals surface area (Å²) in [7, 11) is -8.49. The number of para-hydroxylation sites is 2. The van der Waals surface area contributed by atoms with Crippen molar-refractivity contribution < 1.29 is 35.3 Å². The molecular weight excluding hydrogens is 757 g/mol. The summed E-state index contributed by atoms with van der Waals surface area (Å²) in [6.45, 7) is 12.5. The van der Waals surface area contributed by atoms with Crippen molar-refractivity contribution in [1.29, 1.82) is 0 Å². The number of anilines is 1.